The van der Waals surface area contributed by atoms with Crippen molar-refractivity contribution < 1.29 is 4.39 Å². The minimum absolute atomic E-state index is 0.244. The Hall–Kier alpha value is -1.09. The Morgan fingerprint density at radius 1 is 1.29 bits per heavy atom. The number of nitrogens with zero attached hydrogens (tertiary/aromatic N) is 1. The van der Waals surface area contributed by atoms with Crippen molar-refractivity contribution in [1.29, 1.82) is 0 Å². The van der Waals surface area contributed by atoms with Crippen molar-refractivity contribution in [2.45, 2.75) is 13.0 Å². The van der Waals surface area contributed by atoms with Crippen LogP contribution in [0, 0.1) is 0 Å². The van der Waals surface area contributed by atoms with Crippen LogP contribution in [-0.2, 0) is 6.54 Å². The van der Waals surface area contributed by atoms with Crippen LogP contribution < -0.4 is 5.73 Å². The molecule has 0 saturated heterocycles. The summed E-state index contributed by atoms with van der Waals surface area (Å²) in [6, 6.07) is 7.78. The Bertz CT molecular complexity index is 258. The summed E-state index contributed by atoms with van der Waals surface area (Å²) in [6.07, 6.45) is 0.603. The standard InChI is InChI=1S/C11H17FN2/c1-14(8-2-7-12)9-10-3-5-11(13)6-4-10/h3-6H,2,7-9,13H2,1H3. The average molecular weight is 196 g/mol. The van der Waals surface area contributed by atoms with Crippen LogP contribution in [0.5, 0.6) is 0 Å². The van der Waals surface area contributed by atoms with Gasteiger partial charge in [0.25, 0.3) is 0 Å². The lowest BCUT2D eigenvalue weighted by Gasteiger charge is -2.15. The molecule has 78 valence electrons. The first-order chi connectivity index (χ1) is 6.72. The smallest absolute Gasteiger partial charge is 0.0906 e. The van der Waals surface area contributed by atoms with Gasteiger partial charge in [0.2, 0.25) is 0 Å². The quantitative estimate of drug-likeness (QED) is 0.730. The van der Waals surface area contributed by atoms with Gasteiger partial charge in [-0.3, -0.25) is 4.39 Å². The number of hydrogen-bond acceptors (Lipinski definition) is 2. The molecule has 0 aromatic heterocycles. The van der Waals surface area contributed by atoms with E-state index in [2.05, 4.69) is 4.90 Å². The van der Waals surface area contributed by atoms with Crippen LogP contribution in [0.4, 0.5) is 10.1 Å². The Balaban J connectivity index is 2.39. The Morgan fingerprint density at radius 2 is 1.93 bits per heavy atom. The number of alkyl halides is 1. The van der Waals surface area contributed by atoms with Gasteiger partial charge in [0.15, 0.2) is 0 Å². The first kappa shape index (κ1) is 11.0. The molecule has 1 aromatic rings. The fraction of sp³-hybridized carbons (Fsp3) is 0.455. The molecule has 1 rings (SSSR count). The van der Waals surface area contributed by atoms with Crippen molar-refractivity contribution in [3.05, 3.63) is 29.8 Å². The summed E-state index contributed by atoms with van der Waals surface area (Å²) in [7, 11) is 1.99. The van der Waals surface area contributed by atoms with Crippen LogP contribution in [0.15, 0.2) is 24.3 Å². The number of nitrogens with two attached hydrogens (primary N) is 1. The number of nitrogen functional groups attached to an aromatic ring is 1. The van der Waals surface area contributed by atoms with E-state index in [0.717, 1.165) is 18.8 Å². The third kappa shape index (κ3) is 3.75. The molecular weight excluding hydrogens is 179 g/mol. The van der Waals surface area contributed by atoms with Crippen LogP contribution in [-0.4, -0.2) is 25.2 Å². The molecule has 0 atom stereocenters. The minimum atomic E-state index is -0.244. The summed E-state index contributed by atoms with van der Waals surface area (Å²) in [6.45, 7) is 1.40. The second kappa shape index (κ2) is 5.60. The average Bonchev–Trinajstić information content (AvgIpc) is 2.18. The number of halogens is 1. The molecule has 1 aromatic carbocycles. The lowest BCUT2D eigenvalue weighted by atomic mass is 10.2. The van der Waals surface area contributed by atoms with Crippen LogP contribution in [0.2, 0.25) is 0 Å². The molecule has 2 nitrogen and oxygen atoms in total. The second-order valence-corrected chi connectivity index (χ2v) is 3.52. The molecule has 0 aliphatic rings. The van der Waals surface area contributed by atoms with Gasteiger partial charge < -0.3 is 10.6 Å². The van der Waals surface area contributed by atoms with E-state index in [0.29, 0.717) is 6.42 Å². The number of anilines is 1. The molecule has 0 radical (unpaired) electrons. The molecule has 0 bridgehead atoms. The van der Waals surface area contributed by atoms with Crippen LogP contribution in [0.25, 0.3) is 0 Å². The van der Waals surface area contributed by atoms with Crippen molar-refractivity contribution >= 4 is 5.69 Å². The molecule has 0 aliphatic carbocycles. The highest BCUT2D eigenvalue weighted by molar-refractivity contribution is 5.39. The van der Waals surface area contributed by atoms with Gasteiger partial charge in [-0.2, -0.15) is 0 Å². The SMILES string of the molecule is CN(CCCF)Cc1ccc(N)cc1. The molecule has 3 heteroatoms. The summed E-state index contributed by atoms with van der Waals surface area (Å²) in [5.41, 5.74) is 7.56. The lowest BCUT2D eigenvalue weighted by molar-refractivity contribution is 0.303. The Labute approximate surface area is 84.5 Å². The molecule has 2 N–H and O–H groups in total. The van der Waals surface area contributed by atoms with Gasteiger partial charge in [-0.1, -0.05) is 12.1 Å². The van der Waals surface area contributed by atoms with E-state index in [9.17, 15) is 4.39 Å². The van der Waals surface area contributed by atoms with E-state index < -0.39 is 0 Å². The number of hydrogen-bond donors (Lipinski definition) is 1. The summed E-state index contributed by atoms with van der Waals surface area (Å²) >= 11 is 0. The van der Waals surface area contributed by atoms with Gasteiger partial charge in [0.05, 0.1) is 6.67 Å². The molecular formula is C11H17FN2. The van der Waals surface area contributed by atoms with E-state index in [1.165, 1.54) is 5.56 Å². The topological polar surface area (TPSA) is 29.3 Å². The van der Waals surface area contributed by atoms with Gasteiger partial charge in [0.1, 0.15) is 0 Å². The molecule has 0 aliphatic heterocycles. The maximum absolute atomic E-state index is 11.9. The lowest BCUT2D eigenvalue weighted by Crippen LogP contribution is -2.19. The van der Waals surface area contributed by atoms with Crippen LogP contribution in [0.1, 0.15) is 12.0 Å². The minimum Gasteiger partial charge on any atom is -0.399 e. The van der Waals surface area contributed by atoms with E-state index in [-0.39, 0.29) is 6.67 Å². The highest BCUT2D eigenvalue weighted by atomic mass is 19.1. The van der Waals surface area contributed by atoms with Gasteiger partial charge in [0, 0.05) is 18.8 Å². The highest BCUT2D eigenvalue weighted by Crippen LogP contribution is 2.07. The maximum atomic E-state index is 11.9. The molecule has 0 heterocycles. The van der Waals surface area contributed by atoms with E-state index in [1.807, 2.05) is 31.3 Å². The molecule has 0 saturated carbocycles. The van der Waals surface area contributed by atoms with Crippen LogP contribution in [0.3, 0.4) is 0 Å². The normalized spacial score (nSPS) is 10.8. The zero-order valence-electron chi connectivity index (χ0n) is 8.54. The van der Waals surface area contributed by atoms with Crippen molar-refractivity contribution in [2.24, 2.45) is 0 Å². The third-order valence-electron chi connectivity index (χ3n) is 2.11. The fourth-order valence-corrected chi connectivity index (χ4v) is 1.34. The zero-order valence-corrected chi connectivity index (χ0v) is 8.54. The largest absolute Gasteiger partial charge is 0.399 e. The van der Waals surface area contributed by atoms with Crippen molar-refractivity contribution in [3.63, 3.8) is 0 Å². The predicted octanol–water partition coefficient (Wildman–Crippen LogP) is 2.06. The Kier molecular flexibility index (Phi) is 4.40. The highest BCUT2D eigenvalue weighted by Gasteiger charge is 1.99. The Morgan fingerprint density at radius 3 is 2.50 bits per heavy atom. The summed E-state index contributed by atoms with van der Waals surface area (Å²) < 4.78 is 11.9. The summed E-state index contributed by atoms with van der Waals surface area (Å²) in [4.78, 5) is 2.10. The second-order valence-electron chi connectivity index (χ2n) is 3.52. The summed E-state index contributed by atoms with van der Waals surface area (Å²) in [5, 5.41) is 0. The van der Waals surface area contributed by atoms with E-state index in [4.69, 9.17) is 5.73 Å². The van der Waals surface area contributed by atoms with E-state index >= 15 is 0 Å². The monoisotopic (exact) mass is 196 g/mol. The number of benzene rings is 1. The molecule has 0 unspecified atom stereocenters. The predicted molar refractivity (Wildman–Crippen MR) is 57.8 cm³/mol. The molecule has 0 spiro atoms. The van der Waals surface area contributed by atoms with Gasteiger partial charge >= 0.3 is 0 Å². The van der Waals surface area contributed by atoms with Crippen LogP contribution >= 0.6 is 0 Å². The molecule has 0 fully saturated rings. The molecule has 0 amide bonds. The van der Waals surface area contributed by atoms with Gasteiger partial charge in [-0.25, -0.2) is 0 Å². The first-order valence-corrected chi connectivity index (χ1v) is 4.81. The van der Waals surface area contributed by atoms with E-state index in [1.54, 1.807) is 0 Å². The molecule has 14 heavy (non-hydrogen) atoms. The maximum Gasteiger partial charge on any atom is 0.0906 e. The van der Waals surface area contributed by atoms with Gasteiger partial charge in [-0.05, 0) is 31.2 Å². The third-order valence-corrected chi connectivity index (χ3v) is 2.11. The number of rotatable bonds is 5. The zero-order chi connectivity index (χ0) is 10.4. The fourth-order valence-electron chi connectivity index (χ4n) is 1.34. The summed E-state index contributed by atoms with van der Waals surface area (Å²) in [5.74, 6) is 0. The first-order valence-electron chi connectivity index (χ1n) is 4.81. The van der Waals surface area contributed by atoms with Gasteiger partial charge in [-0.15, -0.1) is 0 Å². The van der Waals surface area contributed by atoms with Crippen molar-refractivity contribution in [1.82, 2.24) is 4.90 Å². The van der Waals surface area contributed by atoms with Crippen molar-refractivity contribution in [3.8, 4) is 0 Å². The van der Waals surface area contributed by atoms with Crippen molar-refractivity contribution in [2.75, 3.05) is 26.0 Å².